The van der Waals surface area contributed by atoms with Crippen LogP contribution in [0, 0.1) is 12.5 Å². The number of hydrogen-bond acceptors (Lipinski definition) is 2. The number of methoxy groups -OCH3 is 1. The van der Waals surface area contributed by atoms with Crippen LogP contribution in [-0.2, 0) is 10.3 Å². The van der Waals surface area contributed by atoms with Crippen molar-refractivity contribution in [2.45, 2.75) is 18.9 Å². The van der Waals surface area contributed by atoms with E-state index in [0.717, 1.165) is 16.5 Å². The van der Waals surface area contributed by atoms with E-state index in [1.165, 1.54) is 7.11 Å². The zero-order valence-electron chi connectivity index (χ0n) is 9.66. The Morgan fingerprint density at radius 3 is 2.76 bits per heavy atom. The van der Waals surface area contributed by atoms with E-state index in [-0.39, 0.29) is 11.9 Å². The van der Waals surface area contributed by atoms with E-state index in [1.54, 1.807) is 12.1 Å². The van der Waals surface area contributed by atoms with Crippen LogP contribution in [0.4, 0.5) is 0 Å². The van der Waals surface area contributed by atoms with Crippen LogP contribution in [0.15, 0.2) is 22.7 Å². The standard InChI is InChI=1S/C13H12BrNO2/c1-8-7-13(8,15-2)11-6-9(14)4-5-10(11)12(16)17-3/h4-6,8H,7H2,1,3H3. The first kappa shape index (κ1) is 12.1. The van der Waals surface area contributed by atoms with Crippen LogP contribution in [0.1, 0.15) is 29.3 Å². The molecule has 0 aromatic heterocycles. The third kappa shape index (κ3) is 1.85. The third-order valence-electron chi connectivity index (χ3n) is 3.33. The summed E-state index contributed by atoms with van der Waals surface area (Å²) in [5.74, 6) is -0.0904. The quantitative estimate of drug-likeness (QED) is 0.618. The molecule has 1 saturated carbocycles. The molecule has 1 aliphatic carbocycles. The summed E-state index contributed by atoms with van der Waals surface area (Å²) in [5, 5.41) is 0. The molecule has 17 heavy (non-hydrogen) atoms. The summed E-state index contributed by atoms with van der Waals surface area (Å²) in [6, 6.07) is 5.36. The van der Waals surface area contributed by atoms with E-state index < -0.39 is 5.54 Å². The largest absolute Gasteiger partial charge is 0.465 e. The molecule has 0 amide bonds. The first-order valence-electron chi connectivity index (χ1n) is 5.32. The summed E-state index contributed by atoms with van der Waals surface area (Å²) in [4.78, 5) is 15.4. The van der Waals surface area contributed by atoms with Crippen LogP contribution in [0.2, 0.25) is 0 Å². The number of esters is 1. The molecule has 0 spiro atoms. The van der Waals surface area contributed by atoms with Crippen molar-refractivity contribution in [2.24, 2.45) is 5.92 Å². The molecule has 88 valence electrons. The molecular weight excluding hydrogens is 282 g/mol. The van der Waals surface area contributed by atoms with E-state index in [1.807, 2.05) is 13.0 Å². The SMILES string of the molecule is [C-]#[N+]C1(c2cc(Br)ccc2C(=O)OC)CC1C. The van der Waals surface area contributed by atoms with Gasteiger partial charge in [0.05, 0.1) is 18.2 Å². The Morgan fingerprint density at radius 2 is 2.29 bits per heavy atom. The van der Waals surface area contributed by atoms with E-state index in [9.17, 15) is 4.79 Å². The molecule has 0 saturated heterocycles. The zero-order valence-corrected chi connectivity index (χ0v) is 11.2. The molecule has 2 rings (SSSR count). The first-order chi connectivity index (χ1) is 8.05. The summed E-state index contributed by atoms with van der Waals surface area (Å²) in [6.07, 6.45) is 0.803. The number of carbonyl (C=O) groups excluding carboxylic acids is 1. The Kier molecular flexibility index (Phi) is 2.96. The predicted octanol–water partition coefficient (Wildman–Crippen LogP) is 3.39. The van der Waals surface area contributed by atoms with Crippen LogP contribution < -0.4 is 0 Å². The van der Waals surface area contributed by atoms with E-state index in [4.69, 9.17) is 11.3 Å². The molecule has 0 aliphatic heterocycles. The highest BCUT2D eigenvalue weighted by molar-refractivity contribution is 9.10. The first-order valence-corrected chi connectivity index (χ1v) is 6.11. The van der Waals surface area contributed by atoms with Crippen molar-refractivity contribution in [1.29, 1.82) is 0 Å². The average molecular weight is 294 g/mol. The van der Waals surface area contributed by atoms with Gasteiger partial charge in [0, 0.05) is 16.8 Å². The zero-order chi connectivity index (χ0) is 12.6. The van der Waals surface area contributed by atoms with Gasteiger partial charge in [-0.25, -0.2) is 11.4 Å². The maximum atomic E-state index is 11.7. The van der Waals surface area contributed by atoms with Crippen molar-refractivity contribution < 1.29 is 9.53 Å². The molecule has 1 fully saturated rings. The van der Waals surface area contributed by atoms with Gasteiger partial charge in [-0.1, -0.05) is 22.9 Å². The monoisotopic (exact) mass is 293 g/mol. The van der Waals surface area contributed by atoms with Gasteiger partial charge < -0.3 is 9.58 Å². The molecule has 4 heteroatoms. The van der Waals surface area contributed by atoms with Gasteiger partial charge in [0.2, 0.25) is 0 Å². The fourth-order valence-electron chi connectivity index (χ4n) is 2.16. The number of benzene rings is 1. The van der Waals surface area contributed by atoms with E-state index in [0.29, 0.717) is 5.56 Å². The smallest absolute Gasteiger partial charge is 0.338 e. The summed E-state index contributed by atoms with van der Waals surface area (Å²) >= 11 is 3.38. The van der Waals surface area contributed by atoms with Crippen LogP contribution in [0.25, 0.3) is 4.85 Å². The van der Waals surface area contributed by atoms with Crippen LogP contribution in [0.3, 0.4) is 0 Å². The molecular formula is C13H12BrNO2. The molecule has 0 bridgehead atoms. The molecule has 1 aromatic carbocycles. The van der Waals surface area contributed by atoms with Crippen molar-refractivity contribution >= 4 is 21.9 Å². The summed E-state index contributed by atoms with van der Waals surface area (Å²) in [5.41, 5.74) is 0.741. The average Bonchev–Trinajstić information content (AvgIpc) is 3.00. The van der Waals surface area contributed by atoms with E-state index >= 15 is 0 Å². The second kappa shape index (κ2) is 4.15. The second-order valence-electron chi connectivity index (χ2n) is 4.32. The maximum absolute atomic E-state index is 11.7. The number of ether oxygens (including phenoxy) is 1. The van der Waals surface area contributed by atoms with Gasteiger partial charge in [-0.3, -0.25) is 0 Å². The lowest BCUT2D eigenvalue weighted by Crippen LogP contribution is -2.13. The van der Waals surface area contributed by atoms with Gasteiger partial charge in [0.15, 0.2) is 0 Å². The Bertz CT molecular complexity index is 521. The van der Waals surface area contributed by atoms with Crippen molar-refractivity contribution in [1.82, 2.24) is 0 Å². The van der Waals surface area contributed by atoms with E-state index in [2.05, 4.69) is 20.8 Å². The van der Waals surface area contributed by atoms with Crippen molar-refractivity contribution in [3.8, 4) is 0 Å². The Morgan fingerprint density at radius 1 is 1.65 bits per heavy atom. The van der Waals surface area contributed by atoms with Crippen LogP contribution in [-0.4, -0.2) is 13.1 Å². The topological polar surface area (TPSA) is 30.7 Å². The predicted molar refractivity (Wildman–Crippen MR) is 67.5 cm³/mol. The highest BCUT2D eigenvalue weighted by Crippen LogP contribution is 2.56. The minimum atomic E-state index is -0.534. The molecule has 3 nitrogen and oxygen atoms in total. The fraction of sp³-hybridized carbons (Fsp3) is 0.385. The van der Waals surface area contributed by atoms with Crippen LogP contribution in [0.5, 0.6) is 0 Å². The number of nitrogens with zero attached hydrogens (tertiary/aromatic N) is 1. The van der Waals surface area contributed by atoms with Crippen molar-refractivity contribution in [3.63, 3.8) is 0 Å². The summed E-state index contributed by atoms with van der Waals surface area (Å²) < 4.78 is 5.64. The molecule has 2 unspecified atom stereocenters. The minimum absolute atomic E-state index is 0.290. The number of carbonyl (C=O) groups is 1. The lowest BCUT2D eigenvalue weighted by atomic mass is 9.97. The number of halogens is 1. The maximum Gasteiger partial charge on any atom is 0.338 e. The second-order valence-corrected chi connectivity index (χ2v) is 5.24. The summed E-state index contributed by atoms with van der Waals surface area (Å²) in [6.45, 7) is 9.39. The highest BCUT2D eigenvalue weighted by Gasteiger charge is 2.62. The molecule has 1 aliphatic rings. The van der Waals surface area contributed by atoms with Gasteiger partial charge in [-0.15, -0.1) is 0 Å². The highest BCUT2D eigenvalue weighted by atomic mass is 79.9. The number of hydrogen-bond donors (Lipinski definition) is 0. The lowest BCUT2D eigenvalue weighted by Gasteiger charge is -2.10. The normalized spacial score (nSPS) is 26.1. The lowest BCUT2D eigenvalue weighted by molar-refractivity contribution is 0.0599. The fourth-order valence-corrected chi connectivity index (χ4v) is 2.52. The third-order valence-corrected chi connectivity index (χ3v) is 3.82. The van der Waals surface area contributed by atoms with Gasteiger partial charge in [0.1, 0.15) is 0 Å². The summed E-state index contributed by atoms with van der Waals surface area (Å²) in [7, 11) is 1.36. The van der Waals surface area contributed by atoms with Gasteiger partial charge in [-0.05, 0) is 18.2 Å². The molecule has 0 heterocycles. The Labute approximate surface area is 109 Å². The molecule has 0 radical (unpaired) electrons. The minimum Gasteiger partial charge on any atom is -0.465 e. The van der Waals surface area contributed by atoms with Crippen molar-refractivity contribution in [2.75, 3.05) is 7.11 Å². The molecule has 1 aromatic rings. The van der Waals surface area contributed by atoms with Crippen molar-refractivity contribution in [3.05, 3.63) is 45.2 Å². The number of rotatable bonds is 2. The van der Waals surface area contributed by atoms with Gasteiger partial charge in [0.25, 0.3) is 5.54 Å². The van der Waals surface area contributed by atoms with Crippen LogP contribution >= 0.6 is 15.9 Å². The Balaban J connectivity index is 2.57. The van der Waals surface area contributed by atoms with Gasteiger partial charge in [-0.2, -0.15) is 0 Å². The Hall–Kier alpha value is -1.34. The van der Waals surface area contributed by atoms with Gasteiger partial charge >= 0.3 is 5.97 Å². The molecule has 2 atom stereocenters. The molecule has 0 N–H and O–H groups in total.